The Hall–Kier alpha value is -3.79. The second-order valence-electron chi connectivity index (χ2n) is 5.43. The van der Waals surface area contributed by atoms with Crippen LogP contribution in [0.2, 0.25) is 0 Å². The van der Waals surface area contributed by atoms with E-state index in [9.17, 15) is 9.18 Å². The van der Waals surface area contributed by atoms with Crippen molar-refractivity contribution in [3.05, 3.63) is 71.8 Å². The first-order valence-corrected chi connectivity index (χ1v) is 7.65. The molecule has 2 aromatic heterocycles. The van der Waals surface area contributed by atoms with Gasteiger partial charge in [-0.1, -0.05) is 0 Å². The van der Waals surface area contributed by atoms with Crippen LogP contribution in [-0.2, 0) is 6.54 Å². The van der Waals surface area contributed by atoms with Crippen LogP contribution in [0.15, 0.2) is 54.9 Å². The lowest BCUT2D eigenvalue weighted by molar-refractivity contribution is 0.194. The van der Waals surface area contributed by atoms with Gasteiger partial charge in [0.25, 0.3) is 0 Å². The zero-order valence-corrected chi connectivity index (χ0v) is 13.5. The van der Waals surface area contributed by atoms with E-state index in [4.69, 9.17) is 10.4 Å². The molecule has 0 aliphatic heterocycles. The summed E-state index contributed by atoms with van der Waals surface area (Å²) in [7, 11) is 0. The quantitative estimate of drug-likeness (QED) is 0.751. The van der Waals surface area contributed by atoms with Gasteiger partial charge >= 0.3 is 6.09 Å². The van der Waals surface area contributed by atoms with Gasteiger partial charge < -0.3 is 10.4 Å². The molecule has 1 aromatic carbocycles. The van der Waals surface area contributed by atoms with Gasteiger partial charge in [-0.25, -0.2) is 9.18 Å². The zero-order chi connectivity index (χ0) is 18.5. The molecular weight excluding hydrogens is 335 g/mol. The van der Waals surface area contributed by atoms with Crippen molar-refractivity contribution in [3.63, 3.8) is 0 Å². The minimum absolute atomic E-state index is 0.0415. The molecule has 0 spiro atoms. The van der Waals surface area contributed by atoms with Crippen LogP contribution < -0.4 is 5.32 Å². The lowest BCUT2D eigenvalue weighted by Crippen LogP contribution is -2.20. The second kappa shape index (κ2) is 7.40. The first-order chi connectivity index (χ1) is 12.6. The summed E-state index contributed by atoms with van der Waals surface area (Å²) in [4.78, 5) is 19.4. The molecule has 0 fully saturated rings. The van der Waals surface area contributed by atoms with Crippen molar-refractivity contribution in [2.45, 2.75) is 6.54 Å². The monoisotopic (exact) mass is 348 g/mol. The predicted molar refractivity (Wildman–Crippen MR) is 92.4 cm³/mol. The molecule has 0 saturated heterocycles. The van der Waals surface area contributed by atoms with Crippen LogP contribution in [0, 0.1) is 17.1 Å². The molecule has 0 unspecified atom stereocenters. The molecule has 7 heteroatoms. The Morgan fingerprint density at radius 2 is 1.92 bits per heavy atom. The number of hydrogen-bond acceptors (Lipinski definition) is 4. The predicted octanol–water partition coefficient (Wildman–Crippen LogP) is 3.59. The number of rotatable bonds is 4. The van der Waals surface area contributed by atoms with E-state index < -0.39 is 6.09 Å². The largest absolute Gasteiger partial charge is 0.465 e. The van der Waals surface area contributed by atoms with Crippen LogP contribution >= 0.6 is 0 Å². The van der Waals surface area contributed by atoms with Gasteiger partial charge in [-0.2, -0.15) is 5.26 Å². The summed E-state index contributed by atoms with van der Waals surface area (Å²) < 4.78 is 13.1. The van der Waals surface area contributed by atoms with E-state index in [-0.39, 0.29) is 12.4 Å². The maximum atomic E-state index is 13.1. The number of hydrogen-bond donors (Lipinski definition) is 2. The third-order valence-electron chi connectivity index (χ3n) is 3.72. The molecule has 0 atom stereocenters. The molecule has 0 radical (unpaired) electrons. The van der Waals surface area contributed by atoms with Crippen LogP contribution in [0.4, 0.5) is 9.18 Å². The highest BCUT2D eigenvalue weighted by atomic mass is 19.1. The average Bonchev–Trinajstić information content (AvgIpc) is 2.67. The lowest BCUT2D eigenvalue weighted by atomic mass is 10.0. The van der Waals surface area contributed by atoms with Crippen molar-refractivity contribution in [2.24, 2.45) is 0 Å². The van der Waals surface area contributed by atoms with Gasteiger partial charge in [0.05, 0.1) is 23.0 Å². The summed E-state index contributed by atoms with van der Waals surface area (Å²) >= 11 is 0. The molecule has 3 aromatic rings. The van der Waals surface area contributed by atoms with Crippen LogP contribution in [0.25, 0.3) is 22.5 Å². The molecule has 128 valence electrons. The van der Waals surface area contributed by atoms with E-state index in [0.717, 1.165) is 0 Å². The summed E-state index contributed by atoms with van der Waals surface area (Å²) in [5.41, 5.74) is 3.51. The summed E-state index contributed by atoms with van der Waals surface area (Å²) in [6.45, 7) is 0.0415. The summed E-state index contributed by atoms with van der Waals surface area (Å²) in [6, 6.07) is 12.9. The number of benzene rings is 1. The van der Waals surface area contributed by atoms with Crippen LogP contribution in [0.1, 0.15) is 11.1 Å². The number of nitrogens with one attached hydrogen (secondary N) is 1. The van der Waals surface area contributed by atoms with Crippen molar-refractivity contribution >= 4 is 6.09 Å². The minimum atomic E-state index is -1.16. The molecule has 0 aliphatic carbocycles. The molecule has 2 N–H and O–H groups in total. The van der Waals surface area contributed by atoms with E-state index in [2.05, 4.69) is 21.4 Å². The first-order valence-electron chi connectivity index (χ1n) is 7.65. The van der Waals surface area contributed by atoms with Gasteiger partial charge in [-0.05, 0) is 48.0 Å². The van der Waals surface area contributed by atoms with E-state index in [1.54, 1.807) is 36.5 Å². The molecule has 26 heavy (non-hydrogen) atoms. The molecule has 0 saturated carbocycles. The topological polar surface area (TPSA) is 98.9 Å². The Morgan fingerprint density at radius 3 is 2.62 bits per heavy atom. The number of aromatic nitrogens is 2. The van der Waals surface area contributed by atoms with Crippen LogP contribution in [0.5, 0.6) is 0 Å². The standard InChI is InChI=1S/C19H13FN4O2/c20-15-3-1-13(2-4-15)17-8-16(14(10-23-17)11-24-19(25)26)18-7-12(9-21)5-6-22-18/h1-8,10,24H,11H2,(H,25,26). The molecule has 1 amide bonds. The molecule has 0 aliphatic rings. The Bertz CT molecular complexity index is 997. The average molecular weight is 348 g/mol. The fourth-order valence-corrected chi connectivity index (χ4v) is 2.46. The first kappa shape index (κ1) is 17.0. The Kier molecular flexibility index (Phi) is 4.85. The van der Waals surface area contributed by atoms with E-state index in [1.807, 2.05) is 0 Å². The number of halogens is 1. The molecule has 2 heterocycles. The SMILES string of the molecule is N#Cc1ccnc(-c2cc(-c3ccc(F)cc3)ncc2CNC(=O)O)c1. The third kappa shape index (κ3) is 3.82. The number of amides is 1. The molecule has 6 nitrogen and oxygen atoms in total. The fourth-order valence-electron chi connectivity index (χ4n) is 2.46. The van der Waals surface area contributed by atoms with Crippen molar-refractivity contribution < 1.29 is 14.3 Å². The number of carboxylic acid groups (broad SMARTS) is 1. The maximum absolute atomic E-state index is 13.1. The van der Waals surface area contributed by atoms with Gasteiger partial charge in [-0.15, -0.1) is 0 Å². The summed E-state index contributed by atoms with van der Waals surface area (Å²) in [6.07, 6.45) is 1.91. The number of carbonyl (C=O) groups is 1. The minimum Gasteiger partial charge on any atom is -0.465 e. The Morgan fingerprint density at radius 1 is 1.15 bits per heavy atom. The number of nitrogens with zero attached hydrogens (tertiary/aromatic N) is 3. The molecule has 0 bridgehead atoms. The van der Waals surface area contributed by atoms with E-state index >= 15 is 0 Å². The van der Waals surface area contributed by atoms with Crippen molar-refractivity contribution in [3.8, 4) is 28.6 Å². The fraction of sp³-hybridized carbons (Fsp3) is 0.0526. The third-order valence-corrected chi connectivity index (χ3v) is 3.72. The van der Waals surface area contributed by atoms with E-state index in [1.165, 1.54) is 18.3 Å². The number of pyridine rings is 2. The smallest absolute Gasteiger partial charge is 0.404 e. The van der Waals surface area contributed by atoms with Crippen molar-refractivity contribution in [2.75, 3.05) is 0 Å². The Labute approximate surface area is 148 Å². The van der Waals surface area contributed by atoms with Crippen LogP contribution in [-0.4, -0.2) is 21.2 Å². The second-order valence-corrected chi connectivity index (χ2v) is 5.43. The Balaban J connectivity index is 2.09. The van der Waals surface area contributed by atoms with Gasteiger partial charge in [0.1, 0.15) is 5.82 Å². The molecular formula is C19H13FN4O2. The maximum Gasteiger partial charge on any atom is 0.404 e. The van der Waals surface area contributed by atoms with Crippen molar-refractivity contribution in [1.82, 2.24) is 15.3 Å². The van der Waals surface area contributed by atoms with Gasteiger partial charge in [-0.3, -0.25) is 9.97 Å². The van der Waals surface area contributed by atoms with Crippen LogP contribution in [0.3, 0.4) is 0 Å². The summed E-state index contributed by atoms with van der Waals surface area (Å²) in [5.74, 6) is -0.348. The highest BCUT2D eigenvalue weighted by molar-refractivity contribution is 5.72. The summed E-state index contributed by atoms with van der Waals surface area (Å²) in [5, 5.41) is 20.3. The highest BCUT2D eigenvalue weighted by Gasteiger charge is 2.12. The normalized spacial score (nSPS) is 10.2. The zero-order valence-electron chi connectivity index (χ0n) is 13.5. The number of nitriles is 1. The van der Waals surface area contributed by atoms with Crippen molar-refractivity contribution in [1.29, 1.82) is 5.26 Å². The highest BCUT2D eigenvalue weighted by Crippen LogP contribution is 2.27. The molecule has 3 rings (SSSR count). The van der Waals surface area contributed by atoms with E-state index in [0.29, 0.717) is 33.6 Å². The lowest BCUT2D eigenvalue weighted by Gasteiger charge is -2.11. The van der Waals surface area contributed by atoms with Gasteiger partial charge in [0.15, 0.2) is 0 Å². The van der Waals surface area contributed by atoms with Gasteiger partial charge in [0.2, 0.25) is 0 Å². The van der Waals surface area contributed by atoms with Gasteiger partial charge in [0, 0.05) is 30.1 Å².